The van der Waals surface area contributed by atoms with E-state index >= 15 is 0 Å². The van der Waals surface area contributed by atoms with Crippen LogP contribution in [0, 0.1) is 35.5 Å². The van der Waals surface area contributed by atoms with Gasteiger partial charge < -0.3 is 0 Å². The monoisotopic (exact) mass is 252 g/mol. The van der Waals surface area contributed by atoms with E-state index in [1.807, 2.05) is 0 Å². The highest BCUT2D eigenvalue weighted by Crippen LogP contribution is 2.43. The lowest BCUT2D eigenvalue weighted by atomic mass is 9.90. The van der Waals surface area contributed by atoms with E-state index < -0.39 is 0 Å². The molecule has 0 unspecified atom stereocenters. The van der Waals surface area contributed by atoms with Gasteiger partial charge >= 0.3 is 0 Å². The second-order valence-corrected chi connectivity index (χ2v) is 5.26. The SMILES string of the molecule is Cc1ccc([C@@H]2[C@H](C#N)[C@H](C#N)N3CCCN23)cc1. The Labute approximate surface area is 113 Å². The number of nitriles is 2. The van der Waals surface area contributed by atoms with Crippen LogP contribution in [0.15, 0.2) is 24.3 Å². The summed E-state index contributed by atoms with van der Waals surface area (Å²) < 4.78 is 0. The third-order valence-electron chi connectivity index (χ3n) is 4.13. The van der Waals surface area contributed by atoms with E-state index in [4.69, 9.17) is 0 Å². The summed E-state index contributed by atoms with van der Waals surface area (Å²) in [4.78, 5) is 0. The van der Waals surface area contributed by atoms with Gasteiger partial charge in [0.25, 0.3) is 0 Å². The molecule has 2 aliphatic rings. The van der Waals surface area contributed by atoms with Crippen LogP contribution < -0.4 is 0 Å². The van der Waals surface area contributed by atoms with Gasteiger partial charge in [0.15, 0.2) is 0 Å². The molecule has 1 aromatic rings. The zero-order valence-corrected chi connectivity index (χ0v) is 11.0. The van der Waals surface area contributed by atoms with Crippen molar-refractivity contribution in [2.24, 2.45) is 5.92 Å². The van der Waals surface area contributed by atoms with Gasteiger partial charge in [0, 0.05) is 13.1 Å². The molecule has 1 aromatic carbocycles. The molecule has 2 aliphatic heterocycles. The largest absolute Gasteiger partial charge is 0.232 e. The van der Waals surface area contributed by atoms with Crippen molar-refractivity contribution in [3.05, 3.63) is 35.4 Å². The van der Waals surface area contributed by atoms with Gasteiger partial charge in [0.1, 0.15) is 6.04 Å². The molecule has 2 heterocycles. The van der Waals surface area contributed by atoms with E-state index in [0.717, 1.165) is 25.1 Å². The molecule has 0 bridgehead atoms. The Kier molecular flexibility index (Phi) is 2.98. The number of hydrogen-bond acceptors (Lipinski definition) is 4. The molecule has 0 aliphatic carbocycles. The Hall–Kier alpha value is -1.88. The summed E-state index contributed by atoms with van der Waals surface area (Å²) in [6.45, 7) is 3.88. The van der Waals surface area contributed by atoms with Crippen molar-refractivity contribution >= 4 is 0 Å². The Morgan fingerprint density at radius 2 is 1.74 bits per heavy atom. The first-order chi connectivity index (χ1) is 9.26. The molecular formula is C15H16N4. The van der Waals surface area contributed by atoms with Crippen molar-refractivity contribution < 1.29 is 0 Å². The second-order valence-electron chi connectivity index (χ2n) is 5.26. The van der Waals surface area contributed by atoms with Crippen molar-refractivity contribution in [1.29, 1.82) is 10.5 Å². The van der Waals surface area contributed by atoms with Gasteiger partial charge in [0.05, 0.1) is 24.1 Å². The van der Waals surface area contributed by atoms with Gasteiger partial charge in [-0.25, -0.2) is 10.0 Å². The van der Waals surface area contributed by atoms with E-state index in [9.17, 15) is 10.5 Å². The lowest BCUT2D eigenvalue weighted by molar-refractivity contribution is 0.0383. The van der Waals surface area contributed by atoms with Crippen LogP contribution >= 0.6 is 0 Å². The Balaban J connectivity index is 2.01. The topological polar surface area (TPSA) is 54.1 Å². The fourth-order valence-electron chi connectivity index (χ4n) is 3.22. The summed E-state index contributed by atoms with van der Waals surface area (Å²) in [6.07, 6.45) is 1.07. The minimum absolute atomic E-state index is 0.0257. The number of nitrogens with zero attached hydrogens (tertiary/aromatic N) is 4. The molecule has 96 valence electrons. The normalized spacial score (nSPS) is 30.8. The predicted molar refractivity (Wildman–Crippen MR) is 70.5 cm³/mol. The first kappa shape index (κ1) is 12.2. The number of hydrazine groups is 1. The minimum Gasteiger partial charge on any atom is -0.232 e. The maximum atomic E-state index is 9.45. The molecule has 0 amide bonds. The van der Waals surface area contributed by atoms with Crippen LogP contribution in [0.25, 0.3) is 0 Å². The number of fused-ring (bicyclic) bond motifs is 1. The summed E-state index contributed by atoms with van der Waals surface area (Å²) in [6, 6.07) is 12.7. The predicted octanol–water partition coefficient (Wildman–Crippen LogP) is 2.00. The van der Waals surface area contributed by atoms with Crippen LogP contribution in [-0.2, 0) is 0 Å². The van der Waals surface area contributed by atoms with Crippen molar-refractivity contribution in [2.75, 3.05) is 13.1 Å². The summed E-state index contributed by atoms with van der Waals surface area (Å²) in [5, 5.41) is 23.1. The molecule has 2 saturated heterocycles. The van der Waals surface area contributed by atoms with Gasteiger partial charge in [-0.1, -0.05) is 29.8 Å². The van der Waals surface area contributed by atoms with Crippen molar-refractivity contribution in [1.82, 2.24) is 10.0 Å². The number of hydrogen-bond donors (Lipinski definition) is 0. The van der Waals surface area contributed by atoms with Gasteiger partial charge in [-0.15, -0.1) is 0 Å². The van der Waals surface area contributed by atoms with E-state index in [-0.39, 0.29) is 18.0 Å². The molecule has 4 nitrogen and oxygen atoms in total. The molecule has 3 rings (SSSR count). The molecule has 0 aromatic heterocycles. The molecular weight excluding hydrogens is 236 g/mol. The highest BCUT2D eigenvalue weighted by Gasteiger charge is 2.50. The Morgan fingerprint density at radius 3 is 2.37 bits per heavy atom. The summed E-state index contributed by atoms with van der Waals surface area (Å²) >= 11 is 0. The molecule has 0 spiro atoms. The van der Waals surface area contributed by atoms with Crippen molar-refractivity contribution in [3.63, 3.8) is 0 Å². The van der Waals surface area contributed by atoms with Crippen LogP contribution in [0.4, 0.5) is 0 Å². The highest BCUT2D eigenvalue weighted by molar-refractivity contribution is 5.29. The lowest BCUT2D eigenvalue weighted by Crippen LogP contribution is -2.35. The fourth-order valence-corrected chi connectivity index (χ4v) is 3.22. The van der Waals surface area contributed by atoms with Crippen LogP contribution in [0.5, 0.6) is 0 Å². The molecule has 0 radical (unpaired) electrons. The lowest BCUT2D eigenvalue weighted by Gasteiger charge is -2.25. The molecule has 3 atom stereocenters. The third-order valence-corrected chi connectivity index (χ3v) is 4.13. The van der Waals surface area contributed by atoms with Gasteiger partial charge in [-0.2, -0.15) is 10.5 Å². The minimum atomic E-state index is -0.307. The third kappa shape index (κ3) is 1.81. The smallest absolute Gasteiger partial charge is 0.129 e. The van der Waals surface area contributed by atoms with E-state index in [1.165, 1.54) is 5.56 Å². The maximum Gasteiger partial charge on any atom is 0.129 e. The molecule has 4 heteroatoms. The molecule has 0 N–H and O–H groups in total. The quantitative estimate of drug-likeness (QED) is 0.767. The zero-order chi connectivity index (χ0) is 13.4. The second kappa shape index (κ2) is 4.66. The molecule has 2 fully saturated rings. The van der Waals surface area contributed by atoms with Crippen LogP contribution in [0.3, 0.4) is 0 Å². The van der Waals surface area contributed by atoms with Crippen molar-refractivity contribution in [3.8, 4) is 12.1 Å². The van der Waals surface area contributed by atoms with Gasteiger partial charge in [0.2, 0.25) is 0 Å². The Morgan fingerprint density at radius 1 is 1.05 bits per heavy atom. The summed E-state index contributed by atoms with van der Waals surface area (Å²) in [7, 11) is 0. The van der Waals surface area contributed by atoms with Crippen molar-refractivity contribution in [2.45, 2.75) is 25.4 Å². The van der Waals surface area contributed by atoms with Gasteiger partial charge in [-0.05, 0) is 18.9 Å². The van der Waals surface area contributed by atoms with E-state index in [1.54, 1.807) is 0 Å². The first-order valence-corrected chi connectivity index (χ1v) is 6.65. The molecule has 0 saturated carbocycles. The van der Waals surface area contributed by atoms with Crippen LogP contribution in [-0.4, -0.2) is 29.1 Å². The zero-order valence-electron chi connectivity index (χ0n) is 11.0. The number of rotatable bonds is 1. The summed E-state index contributed by atoms with van der Waals surface area (Å²) in [5.41, 5.74) is 2.35. The highest BCUT2D eigenvalue weighted by atomic mass is 15.7. The van der Waals surface area contributed by atoms with E-state index in [2.05, 4.69) is 53.3 Å². The number of benzene rings is 1. The standard InChI is InChI=1S/C15H16N4/c1-11-3-5-12(6-4-11)15-13(9-16)14(10-17)18-7-2-8-19(15)18/h3-6,13-15H,2,7-8H2,1H3/t13-,14+,15-/m1/s1. The average molecular weight is 252 g/mol. The van der Waals surface area contributed by atoms with E-state index in [0.29, 0.717) is 0 Å². The fraction of sp³-hybridized carbons (Fsp3) is 0.467. The molecule has 19 heavy (non-hydrogen) atoms. The van der Waals surface area contributed by atoms with Crippen LogP contribution in [0.2, 0.25) is 0 Å². The van der Waals surface area contributed by atoms with Crippen LogP contribution in [0.1, 0.15) is 23.6 Å². The first-order valence-electron chi connectivity index (χ1n) is 6.65. The average Bonchev–Trinajstić information content (AvgIpc) is 2.98. The maximum absolute atomic E-state index is 9.45. The number of aryl methyl sites for hydroxylation is 1. The Bertz CT molecular complexity index is 551. The van der Waals surface area contributed by atoms with Gasteiger partial charge in [-0.3, -0.25) is 0 Å². The summed E-state index contributed by atoms with van der Waals surface area (Å²) in [5.74, 6) is -0.270.